The summed E-state index contributed by atoms with van der Waals surface area (Å²) in [6.45, 7) is 0.832. The molecule has 0 radical (unpaired) electrons. The topological polar surface area (TPSA) is 61.6 Å². The predicted octanol–water partition coefficient (Wildman–Crippen LogP) is 3.06. The van der Waals surface area contributed by atoms with Crippen LogP contribution in [0.2, 0.25) is 5.02 Å². The van der Waals surface area contributed by atoms with Crippen LogP contribution in [0.3, 0.4) is 0 Å². The number of carbonyl (C=O) groups excluding carboxylic acids is 1. The number of hydrogen-bond acceptors (Lipinski definition) is 4. The van der Waals surface area contributed by atoms with Gasteiger partial charge in [-0.1, -0.05) is 11.6 Å². The fourth-order valence-corrected chi connectivity index (χ4v) is 2.30. The quantitative estimate of drug-likeness (QED) is 0.684. The van der Waals surface area contributed by atoms with E-state index in [2.05, 4.69) is 0 Å². The Labute approximate surface area is 125 Å². The van der Waals surface area contributed by atoms with E-state index in [-0.39, 0.29) is 21.8 Å². The number of ether oxygens (including phenoxy) is 2. The predicted molar refractivity (Wildman–Crippen MR) is 76.7 cm³/mol. The van der Waals surface area contributed by atoms with Gasteiger partial charge >= 0.3 is 0 Å². The highest BCUT2D eigenvalue weighted by atomic mass is 35.5. The molecule has 1 heterocycles. The summed E-state index contributed by atoms with van der Waals surface area (Å²) in [5, 5.41) is 0.224. The van der Waals surface area contributed by atoms with Gasteiger partial charge in [-0.25, -0.2) is 4.39 Å². The molecule has 2 aromatic carbocycles. The number of nitrogens with two attached hydrogens (primary N) is 1. The fraction of sp³-hybridized carbons (Fsp3) is 0.133. The Morgan fingerprint density at radius 2 is 1.81 bits per heavy atom. The van der Waals surface area contributed by atoms with Crippen molar-refractivity contribution in [3.05, 3.63) is 52.3 Å². The number of ketones is 1. The molecule has 2 N–H and O–H groups in total. The molecule has 0 spiro atoms. The largest absolute Gasteiger partial charge is 0.486 e. The molecule has 0 bridgehead atoms. The fourth-order valence-electron chi connectivity index (χ4n) is 2.06. The third-order valence-electron chi connectivity index (χ3n) is 3.14. The number of carbonyl (C=O) groups is 1. The van der Waals surface area contributed by atoms with Gasteiger partial charge in [0.2, 0.25) is 0 Å². The van der Waals surface area contributed by atoms with Gasteiger partial charge < -0.3 is 15.2 Å². The zero-order valence-electron chi connectivity index (χ0n) is 10.9. The van der Waals surface area contributed by atoms with Gasteiger partial charge in [0.1, 0.15) is 19.0 Å². The van der Waals surface area contributed by atoms with E-state index in [4.69, 9.17) is 26.8 Å². The van der Waals surface area contributed by atoms with Crippen molar-refractivity contribution in [3.8, 4) is 11.5 Å². The second-order valence-electron chi connectivity index (χ2n) is 4.54. The van der Waals surface area contributed by atoms with E-state index in [1.807, 2.05) is 0 Å². The molecule has 3 rings (SSSR count). The number of nitrogen functional groups attached to an aromatic ring is 1. The number of rotatable bonds is 2. The lowest BCUT2D eigenvalue weighted by Gasteiger charge is -2.19. The van der Waals surface area contributed by atoms with Crippen molar-refractivity contribution in [2.75, 3.05) is 18.9 Å². The zero-order chi connectivity index (χ0) is 15.0. The van der Waals surface area contributed by atoms with Crippen LogP contribution < -0.4 is 15.2 Å². The van der Waals surface area contributed by atoms with Gasteiger partial charge in [0, 0.05) is 17.2 Å². The average molecular weight is 308 g/mol. The third kappa shape index (κ3) is 2.52. The summed E-state index contributed by atoms with van der Waals surface area (Å²) in [4.78, 5) is 12.4. The molecule has 0 saturated heterocycles. The molecule has 0 amide bonds. The highest BCUT2D eigenvalue weighted by Crippen LogP contribution is 2.36. The van der Waals surface area contributed by atoms with Gasteiger partial charge in [-0.3, -0.25) is 4.79 Å². The number of anilines is 1. The molecule has 0 atom stereocenters. The first-order valence-electron chi connectivity index (χ1n) is 6.25. The van der Waals surface area contributed by atoms with Gasteiger partial charge in [-0.2, -0.15) is 0 Å². The molecule has 4 nitrogen and oxygen atoms in total. The standard InChI is InChI=1S/C15H11ClFNO3/c16-10-7-14-13(20-3-4-21-14)6-9(10)15(19)8-1-2-12(18)11(17)5-8/h1-2,5-7H,3-4,18H2. The van der Waals surface area contributed by atoms with Crippen molar-refractivity contribution in [2.45, 2.75) is 0 Å². The van der Waals surface area contributed by atoms with E-state index >= 15 is 0 Å². The average Bonchev–Trinajstić information content (AvgIpc) is 2.48. The molecular formula is C15H11ClFNO3. The normalized spacial score (nSPS) is 13.0. The molecule has 6 heteroatoms. The summed E-state index contributed by atoms with van der Waals surface area (Å²) in [7, 11) is 0. The van der Waals surface area contributed by atoms with Crippen LogP contribution in [-0.2, 0) is 0 Å². The van der Waals surface area contributed by atoms with E-state index in [1.54, 1.807) is 0 Å². The summed E-state index contributed by atoms with van der Waals surface area (Å²) in [6, 6.07) is 6.91. The smallest absolute Gasteiger partial charge is 0.194 e. The Hall–Kier alpha value is -2.27. The first-order valence-corrected chi connectivity index (χ1v) is 6.63. The van der Waals surface area contributed by atoms with Crippen LogP contribution in [0.15, 0.2) is 30.3 Å². The molecule has 1 aliphatic rings. The molecule has 2 aromatic rings. The van der Waals surface area contributed by atoms with Gasteiger partial charge in [-0.15, -0.1) is 0 Å². The monoisotopic (exact) mass is 307 g/mol. The van der Waals surface area contributed by atoms with Crippen molar-refractivity contribution < 1.29 is 18.7 Å². The Morgan fingerprint density at radius 1 is 1.14 bits per heavy atom. The Morgan fingerprint density at radius 3 is 2.48 bits per heavy atom. The lowest BCUT2D eigenvalue weighted by atomic mass is 10.0. The Bertz CT molecular complexity index is 733. The van der Waals surface area contributed by atoms with Gasteiger partial charge in [0.15, 0.2) is 17.3 Å². The molecular weight excluding hydrogens is 297 g/mol. The van der Waals surface area contributed by atoms with E-state index in [1.165, 1.54) is 24.3 Å². The number of fused-ring (bicyclic) bond motifs is 1. The van der Waals surface area contributed by atoms with E-state index in [9.17, 15) is 9.18 Å². The summed E-state index contributed by atoms with van der Waals surface area (Å²) >= 11 is 6.10. The summed E-state index contributed by atoms with van der Waals surface area (Å²) in [6.07, 6.45) is 0. The maximum absolute atomic E-state index is 13.5. The second kappa shape index (κ2) is 5.26. The summed E-state index contributed by atoms with van der Waals surface area (Å²) in [5.41, 5.74) is 5.78. The summed E-state index contributed by atoms with van der Waals surface area (Å²) in [5.74, 6) is -0.110. The SMILES string of the molecule is Nc1ccc(C(=O)c2cc3c(cc2Cl)OCCO3)cc1F. The third-order valence-corrected chi connectivity index (χ3v) is 3.45. The van der Waals surface area contributed by atoms with Gasteiger partial charge in [0.25, 0.3) is 0 Å². The minimum atomic E-state index is -0.644. The first kappa shape index (κ1) is 13.7. The highest BCUT2D eigenvalue weighted by molar-refractivity contribution is 6.35. The number of hydrogen-bond donors (Lipinski definition) is 1. The molecule has 0 unspecified atom stereocenters. The highest BCUT2D eigenvalue weighted by Gasteiger charge is 2.20. The molecule has 108 valence electrons. The van der Waals surface area contributed by atoms with Crippen molar-refractivity contribution in [1.29, 1.82) is 0 Å². The summed E-state index contributed by atoms with van der Waals surface area (Å²) < 4.78 is 24.3. The lowest BCUT2D eigenvalue weighted by molar-refractivity contribution is 0.103. The van der Waals surface area contributed by atoms with Crippen molar-refractivity contribution >= 4 is 23.1 Å². The van der Waals surface area contributed by atoms with Crippen molar-refractivity contribution in [2.24, 2.45) is 0 Å². The lowest BCUT2D eigenvalue weighted by Crippen LogP contribution is -2.16. The van der Waals surface area contributed by atoms with Crippen LogP contribution in [0.4, 0.5) is 10.1 Å². The minimum Gasteiger partial charge on any atom is -0.486 e. The van der Waals surface area contributed by atoms with Crippen LogP contribution in [0.5, 0.6) is 11.5 Å². The second-order valence-corrected chi connectivity index (χ2v) is 4.95. The van der Waals surface area contributed by atoms with Crippen LogP contribution in [0, 0.1) is 5.82 Å². The zero-order valence-corrected chi connectivity index (χ0v) is 11.6. The molecule has 21 heavy (non-hydrogen) atoms. The van der Waals surface area contributed by atoms with Gasteiger partial charge in [0.05, 0.1) is 10.7 Å². The van der Waals surface area contributed by atoms with E-state index in [0.29, 0.717) is 24.7 Å². The number of benzene rings is 2. The van der Waals surface area contributed by atoms with Crippen LogP contribution in [0.1, 0.15) is 15.9 Å². The van der Waals surface area contributed by atoms with Gasteiger partial charge in [-0.05, 0) is 24.3 Å². The molecule has 0 aromatic heterocycles. The molecule has 0 fully saturated rings. The maximum atomic E-state index is 13.5. The number of halogens is 2. The minimum absolute atomic E-state index is 0.0141. The molecule has 1 aliphatic heterocycles. The van der Waals surface area contributed by atoms with E-state index < -0.39 is 11.6 Å². The van der Waals surface area contributed by atoms with Crippen molar-refractivity contribution in [3.63, 3.8) is 0 Å². The molecule has 0 saturated carbocycles. The van der Waals surface area contributed by atoms with Crippen LogP contribution in [-0.4, -0.2) is 19.0 Å². The molecule has 0 aliphatic carbocycles. The van der Waals surface area contributed by atoms with Crippen LogP contribution >= 0.6 is 11.6 Å². The first-order chi connectivity index (χ1) is 10.1. The Kier molecular flexibility index (Phi) is 3.43. The van der Waals surface area contributed by atoms with Crippen molar-refractivity contribution in [1.82, 2.24) is 0 Å². The van der Waals surface area contributed by atoms with E-state index in [0.717, 1.165) is 6.07 Å². The maximum Gasteiger partial charge on any atom is 0.194 e. The Balaban J connectivity index is 2.03. The van der Waals surface area contributed by atoms with Crippen LogP contribution in [0.25, 0.3) is 0 Å².